The van der Waals surface area contributed by atoms with Crippen LogP contribution in [-0.4, -0.2) is 68.5 Å². The number of carbonyl (C=O) groups excluding carboxylic acids is 1. The highest BCUT2D eigenvalue weighted by atomic mass is 31.2. The van der Waals surface area contributed by atoms with Gasteiger partial charge in [0.2, 0.25) is 5.91 Å². The van der Waals surface area contributed by atoms with Gasteiger partial charge in [0.25, 0.3) is 7.82 Å². The van der Waals surface area contributed by atoms with E-state index in [0.29, 0.717) is 23.9 Å². The van der Waals surface area contributed by atoms with Crippen LogP contribution < -0.4 is 10.2 Å². The second kappa shape index (κ2) is 50.2. The Balaban J connectivity index is 4.11. The first-order chi connectivity index (χ1) is 32.5. The highest BCUT2D eigenvalue weighted by molar-refractivity contribution is 7.45. The van der Waals surface area contributed by atoms with Crippen molar-refractivity contribution in [1.29, 1.82) is 0 Å². The predicted octanol–water partition coefficient (Wildman–Crippen LogP) is 17.2. The van der Waals surface area contributed by atoms with Crippen molar-refractivity contribution in [2.75, 3.05) is 40.9 Å². The van der Waals surface area contributed by atoms with Gasteiger partial charge in [0.15, 0.2) is 0 Å². The lowest BCUT2D eigenvalue weighted by Crippen LogP contribution is -2.46. The molecule has 400 valence electrons. The highest BCUT2D eigenvalue weighted by Crippen LogP contribution is 2.38. The van der Waals surface area contributed by atoms with Crippen molar-refractivity contribution in [3.8, 4) is 0 Å². The fourth-order valence-electron chi connectivity index (χ4n) is 9.10. The van der Waals surface area contributed by atoms with E-state index < -0.39 is 20.0 Å². The molecule has 0 saturated heterocycles. The second-order valence-electron chi connectivity index (χ2n) is 21.7. The molecule has 0 saturated carbocycles. The number of aliphatic hydroxyl groups excluding tert-OH is 1. The standard InChI is InChI=1S/C58H117N2O6P/c1-6-8-10-12-14-16-18-20-22-24-26-27-28-29-30-31-32-34-35-37-39-41-43-45-47-49-51-57(61)56(55-66-67(63,64)65-54-53-60(3,4)5)59-58(62)52-50-48-46-44-42-40-38-36-33-25-23-21-19-17-15-13-11-9-7-2/h21,23,56-57,61H,6-20,22,24-55H2,1-5H3,(H-,59,62,63,64)/b23-21-. The van der Waals surface area contributed by atoms with E-state index in [2.05, 4.69) is 31.3 Å². The maximum atomic E-state index is 13.0. The van der Waals surface area contributed by atoms with Crippen molar-refractivity contribution >= 4 is 13.7 Å². The van der Waals surface area contributed by atoms with Crippen molar-refractivity contribution in [2.24, 2.45) is 0 Å². The molecular weight excluding hydrogens is 852 g/mol. The maximum absolute atomic E-state index is 13.0. The molecule has 0 aromatic heterocycles. The van der Waals surface area contributed by atoms with Crippen molar-refractivity contribution in [2.45, 2.75) is 315 Å². The smallest absolute Gasteiger partial charge is 0.268 e. The average molecular weight is 970 g/mol. The molecule has 0 bridgehead atoms. The zero-order valence-corrected chi connectivity index (χ0v) is 46.5. The van der Waals surface area contributed by atoms with Gasteiger partial charge < -0.3 is 28.8 Å². The van der Waals surface area contributed by atoms with Gasteiger partial charge in [-0.25, -0.2) is 0 Å². The van der Waals surface area contributed by atoms with Crippen LogP contribution in [0.25, 0.3) is 0 Å². The SMILES string of the molecule is CCCCCCCC/C=C\CCCCCCCCCCCC(=O)NC(COP(=O)([O-])OCC[N+](C)(C)C)C(O)CCCCCCCCCCCCCCCCCCCCCCCCCCCC. The van der Waals surface area contributed by atoms with Crippen molar-refractivity contribution in [3.63, 3.8) is 0 Å². The summed E-state index contributed by atoms with van der Waals surface area (Å²) in [4.78, 5) is 25.5. The van der Waals surface area contributed by atoms with Crippen LogP contribution in [0.2, 0.25) is 0 Å². The van der Waals surface area contributed by atoms with Crippen molar-refractivity contribution in [1.82, 2.24) is 5.32 Å². The molecule has 1 amide bonds. The van der Waals surface area contributed by atoms with Crippen molar-refractivity contribution < 1.29 is 32.9 Å². The molecule has 0 radical (unpaired) electrons. The van der Waals surface area contributed by atoms with Crippen LogP contribution in [0.15, 0.2) is 12.2 Å². The molecule has 0 fully saturated rings. The third-order valence-electron chi connectivity index (χ3n) is 13.8. The maximum Gasteiger partial charge on any atom is 0.268 e. The summed E-state index contributed by atoms with van der Waals surface area (Å²) < 4.78 is 23.4. The van der Waals surface area contributed by atoms with E-state index in [1.807, 2.05) is 21.1 Å². The zero-order valence-electron chi connectivity index (χ0n) is 45.6. The van der Waals surface area contributed by atoms with Gasteiger partial charge in [0.05, 0.1) is 39.9 Å². The monoisotopic (exact) mass is 969 g/mol. The third kappa shape index (κ3) is 52.9. The number of phosphoric ester groups is 1. The first-order valence-corrected chi connectivity index (χ1v) is 31.0. The van der Waals surface area contributed by atoms with Gasteiger partial charge >= 0.3 is 0 Å². The van der Waals surface area contributed by atoms with Crippen molar-refractivity contribution in [3.05, 3.63) is 12.2 Å². The summed E-state index contributed by atoms with van der Waals surface area (Å²) in [5.74, 6) is -0.162. The molecule has 3 atom stereocenters. The summed E-state index contributed by atoms with van der Waals surface area (Å²) >= 11 is 0. The van der Waals surface area contributed by atoms with E-state index in [9.17, 15) is 19.4 Å². The molecule has 9 heteroatoms. The normalized spacial score (nSPS) is 14.0. The van der Waals surface area contributed by atoms with Crippen LogP contribution in [0.3, 0.4) is 0 Å². The minimum absolute atomic E-state index is 0.0143. The van der Waals surface area contributed by atoms with Crippen LogP contribution in [-0.2, 0) is 18.4 Å². The molecule has 0 spiro atoms. The van der Waals surface area contributed by atoms with Gasteiger partial charge in [-0.15, -0.1) is 0 Å². The van der Waals surface area contributed by atoms with Gasteiger partial charge in [-0.3, -0.25) is 9.36 Å². The van der Waals surface area contributed by atoms with E-state index >= 15 is 0 Å². The minimum Gasteiger partial charge on any atom is -0.756 e. The number of aliphatic hydroxyl groups is 1. The lowest BCUT2D eigenvalue weighted by molar-refractivity contribution is -0.870. The predicted molar refractivity (Wildman–Crippen MR) is 289 cm³/mol. The number of hydrogen-bond acceptors (Lipinski definition) is 6. The van der Waals surface area contributed by atoms with Crippen LogP contribution in [0.1, 0.15) is 303 Å². The number of amides is 1. The molecule has 0 aliphatic heterocycles. The largest absolute Gasteiger partial charge is 0.756 e. The molecule has 67 heavy (non-hydrogen) atoms. The molecular formula is C58H117N2O6P. The van der Waals surface area contributed by atoms with Gasteiger partial charge in [-0.1, -0.05) is 270 Å². The van der Waals surface area contributed by atoms with Crippen LogP contribution in [0.5, 0.6) is 0 Å². The molecule has 2 N–H and O–H groups in total. The van der Waals surface area contributed by atoms with Gasteiger partial charge in [-0.05, 0) is 38.5 Å². The summed E-state index contributed by atoms with van der Waals surface area (Å²) in [7, 11) is 1.32. The third-order valence-corrected chi connectivity index (χ3v) is 14.7. The topological polar surface area (TPSA) is 108 Å². The Kier molecular flexibility index (Phi) is 49.6. The molecule has 0 aromatic rings. The Labute approximate surface area is 418 Å². The Morgan fingerprint density at radius 1 is 0.507 bits per heavy atom. The Morgan fingerprint density at radius 2 is 0.821 bits per heavy atom. The number of allylic oxidation sites excluding steroid dienone is 2. The van der Waals surface area contributed by atoms with E-state index in [-0.39, 0.29) is 19.1 Å². The number of likely N-dealkylation sites (N-methyl/N-ethyl adjacent to an activating group) is 1. The molecule has 3 unspecified atom stereocenters. The molecule has 0 aliphatic carbocycles. The lowest BCUT2D eigenvalue weighted by Gasteiger charge is -2.30. The summed E-state index contributed by atoms with van der Waals surface area (Å²) in [6.45, 7) is 4.76. The number of hydrogen-bond donors (Lipinski definition) is 2. The Morgan fingerprint density at radius 3 is 1.16 bits per heavy atom. The highest BCUT2D eigenvalue weighted by Gasteiger charge is 2.24. The zero-order chi connectivity index (χ0) is 49.2. The van der Waals surface area contributed by atoms with E-state index in [1.165, 1.54) is 238 Å². The molecule has 0 aromatic carbocycles. The minimum atomic E-state index is -4.57. The average Bonchev–Trinajstić information content (AvgIpc) is 3.29. The van der Waals surface area contributed by atoms with Crippen LogP contribution in [0, 0.1) is 0 Å². The van der Waals surface area contributed by atoms with E-state index in [0.717, 1.165) is 38.5 Å². The number of unbranched alkanes of at least 4 members (excludes halogenated alkanes) is 40. The first-order valence-electron chi connectivity index (χ1n) is 29.5. The van der Waals surface area contributed by atoms with Gasteiger partial charge in [0.1, 0.15) is 13.2 Å². The summed E-state index contributed by atoms with van der Waals surface area (Å²) in [5.41, 5.74) is 0. The quantitative estimate of drug-likeness (QED) is 0.0272. The van der Waals surface area contributed by atoms with Gasteiger partial charge in [-0.2, -0.15) is 0 Å². The second-order valence-corrected chi connectivity index (χ2v) is 23.1. The van der Waals surface area contributed by atoms with Crippen LogP contribution >= 0.6 is 7.82 Å². The fourth-order valence-corrected chi connectivity index (χ4v) is 9.82. The summed E-state index contributed by atoms with van der Waals surface area (Å²) in [6.07, 6.45) is 61.0. The number of nitrogens with zero attached hydrogens (tertiary/aromatic N) is 1. The summed E-state index contributed by atoms with van der Waals surface area (Å²) in [6, 6.07) is -0.799. The molecule has 0 rings (SSSR count). The summed E-state index contributed by atoms with van der Waals surface area (Å²) in [5, 5.41) is 14.0. The van der Waals surface area contributed by atoms with Gasteiger partial charge in [0, 0.05) is 6.42 Å². The number of rotatable bonds is 55. The van der Waals surface area contributed by atoms with Crippen LogP contribution in [0.4, 0.5) is 0 Å². The molecule has 8 nitrogen and oxygen atoms in total. The molecule has 0 heterocycles. The number of quaternary nitrogens is 1. The fraction of sp³-hybridized carbons (Fsp3) is 0.948. The Bertz CT molecular complexity index is 1100. The number of carbonyl (C=O) groups is 1. The van der Waals surface area contributed by atoms with E-state index in [1.54, 1.807) is 0 Å². The first kappa shape index (κ1) is 66.2. The molecule has 0 aliphatic rings. The number of nitrogens with one attached hydrogen (secondary N) is 1. The lowest BCUT2D eigenvalue weighted by atomic mass is 10.0. The number of phosphoric acid groups is 1. The van der Waals surface area contributed by atoms with E-state index in [4.69, 9.17) is 9.05 Å². The Hall–Kier alpha value is -0.760.